The van der Waals surface area contributed by atoms with Crippen LogP contribution in [0.15, 0.2) is 59.1 Å². The van der Waals surface area contributed by atoms with E-state index < -0.39 is 0 Å². The Bertz CT molecular complexity index is 533. The van der Waals surface area contributed by atoms with Crippen molar-refractivity contribution in [2.24, 2.45) is 0 Å². The molecule has 20 heavy (non-hydrogen) atoms. The number of rotatable bonds is 3. The van der Waals surface area contributed by atoms with Gasteiger partial charge in [-0.05, 0) is 29.7 Å². The van der Waals surface area contributed by atoms with Gasteiger partial charge in [-0.25, -0.2) is 0 Å². The summed E-state index contributed by atoms with van der Waals surface area (Å²) in [7, 11) is 0. The maximum Gasteiger partial charge on any atom is 0.0950 e. The van der Waals surface area contributed by atoms with Crippen LogP contribution in [0.3, 0.4) is 0 Å². The molecule has 3 heteroatoms. The molecule has 104 valence electrons. The van der Waals surface area contributed by atoms with Gasteiger partial charge in [0.2, 0.25) is 0 Å². The summed E-state index contributed by atoms with van der Waals surface area (Å²) in [5.74, 6) is 0. The van der Waals surface area contributed by atoms with Gasteiger partial charge in [0.25, 0.3) is 0 Å². The van der Waals surface area contributed by atoms with Gasteiger partial charge in [0, 0.05) is 17.1 Å². The smallest absolute Gasteiger partial charge is 0.0950 e. The minimum absolute atomic E-state index is 0.162. The molecule has 0 amide bonds. The lowest BCUT2D eigenvalue weighted by atomic mass is 10.0. The summed E-state index contributed by atoms with van der Waals surface area (Å²) in [6.07, 6.45) is 1.18. The Balaban J connectivity index is 1.55. The summed E-state index contributed by atoms with van der Waals surface area (Å²) in [5, 5.41) is 3.59. The van der Waals surface area contributed by atoms with Gasteiger partial charge >= 0.3 is 0 Å². The van der Waals surface area contributed by atoms with Crippen LogP contribution in [0.25, 0.3) is 0 Å². The molecule has 2 unspecified atom stereocenters. The first-order valence-corrected chi connectivity index (χ1v) is 7.75. The zero-order valence-corrected chi connectivity index (χ0v) is 12.8. The minimum atomic E-state index is 0.162. The van der Waals surface area contributed by atoms with Crippen molar-refractivity contribution in [1.82, 2.24) is 5.32 Å². The Kier molecular flexibility index (Phi) is 4.51. The van der Waals surface area contributed by atoms with Gasteiger partial charge in [-0.1, -0.05) is 58.4 Å². The fourth-order valence-electron chi connectivity index (χ4n) is 2.55. The second kappa shape index (κ2) is 6.53. The van der Waals surface area contributed by atoms with Crippen molar-refractivity contribution in [2.45, 2.75) is 18.6 Å². The molecule has 0 aliphatic carbocycles. The van der Waals surface area contributed by atoms with E-state index in [0.717, 1.165) is 24.0 Å². The van der Waals surface area contributed by atoms with Gasteiger partial charge in [-0.3, -0.25) is 0 Å². The molecule has 1 aliphatic rings. The summed E-state index contributed by atoms with van der Waals surface area (Å²) in [4.78, 5) is 0. The SMILES string of the molecule is Brc1ccc(C2CNC(Cc3ccccc3)CO2)cc1. The third-order valence-electron chi connectivity index (χ3n) is 3.66. The van der Waals surface area contributed by atoms with Gasteiger partial charge in [0.1, 0.15) is 0 Å². The molecule has 3 rings (SSSR count). The second-order valence-electron chi connectivity index (χ2n) is 5.17. The fraction of sp³-hybridized carbons (Fsp3) is 0.294. The zero-order valence-electron chi connectivity index (χ0n) is 11.3. The lowest BCUT2D eigenvalue weighted by Gasteiger charge is -2.30. The summed E-state index contributed by atoms with van der Waals surface area (Å²) >= 11 is 3.46. The molecule has 1 fully saturated rings. The number of halogens is 1. The first-order valence-electron chi connectivity index (χ1n) is 6.95. The van der Waals surface area contributed by atoms with Gasteiger partial charge in [0.05, 0.1) is 12.7 Å². The predicted octanol–water partition coefficient (Wildman–Crippen LogP) is 3.72. The summed E-state index contributed by atoms with van der Waals surface area (Å²) < 4.78 is 7.11. The van der Waals surface area contributed by atoms with E-state index in [1.54, 1.807) is 0 Å². The highest BCUT2D eigenvalue weighted by molar-refractivity contribution is 9.10. The molecule has 0 bridgehead atoms. The quantitative estimate of drug-likeness (QED) is 0.925. The first kappa shape index (κ1) is 13.8. The standard InChI is InChI=1S/C17H18BrNO/c18-15-8-6-14(7-9-15)17-11-19-16(12-20-17)10-13-4-2-1-3-5-13/h1-9,16-17,19H,10-12H2. The molecular formula is C17H18BrNO. The van der Waals surface area contributed by atoms with Crippen LogP contribution in [0.5, 0.6) is 0 Å². The molecule has 1 aliphatic heterocycles. The number of hydrogen-bond acceptors (Lipinski definition) is 2. The van der Waals surface area contributed by atoms with E-state index in [-0.39, 0.29) is 6.10 Å². The van der Waals surface area contributed by atoms with Crippen molar-refractivity contribution in [3.8, 4) is 0 Å². The molecule has 0 radical (unpaired) electrons. The van der Waals surface area contributed by atoms with E-state index in [4.69, 9.17) is 4.74 Å². The van der Waals surface area contributed by atoms with Crippen LogP contribution in [0.2, 0.25) is 0 Å². The number of hydrogen-bond donors (Lipinski definition) is 1. The van der Waals surface area contributed by atoms with E-state index in [0.29, 0.717) is 6.04 Å². The first-order chi connectivity index (χ1) is 9.81. The van der Waals surface area contributed by atoms with Crippen LogP contribution in [0.4, 0.5) is 0 Å². The molecular weight excluding hydrogens is 314 g/mol. The average Bonchev–Trinajstić information content (AvgIpc) is 2.50. The monoisotopic (exact) mass is 331 g/mol. The Morgan fingerprint density at radius 2 is 1.80 bits per heavy atom. The third-order valence-corrected chi connectivity index (χ3v) is 4.19. The summed E-state index contributed by atoms with van der Waals surface area (Å²) in [5.41, 5.74) is 2.59. The third kappa shape index (κ3) is 3.48. The van der Waals surface area contributed by atoms with Crippen molar-refractivity contribution in [3.05, 3.63) is 70.2 Å². The molecule has 0 aromatic heterocycles. The van der Waals surface area contributed by atoms with Crippen molar-refractivity contribution in [2.75, 3.05) is 13.2 Å². The predicted molar refractivity (Wildman–Crippen MR) is 84.8 cm³/mol. The zero-order chi connectivity index (χ0) is 13.8. The maximum absolute atomic E-state index is 6.01. The normalized spacial score (nSPS) is 22.6. The van der Waals surface area contributed by atoms with E-state index >= 15 is 0 Å². The molecule has 2 nitrogen and oxygen atoms in total. The highest BCUT2D eigenvalue weighted by Gasteiger charge is 2.22. The van der Waals surface area contributed by atoms with Crippen LogP contribution < -0.4 is 5.32 Å². The lowest BCUT2D eigenvalue weighted by Crippen LogP contribution is -2.44. The highest BCUT2D eigenvalue weighted by Crippen LogP contribution is 2.22. The van der Waals surface area contributed by atoms with Gasteiger partial charge in [-0.15, -0.1) is 0 Å². The fourth-order valence-corrected chi connectivity index (χ4v) is 2.81. The lowest BCUT2D eigenvalue weighted by molar-refractivity contribution is 0.00306. The average molecular weight is 332 g/mol. The molecule has 2 atom stereocenters. The van der Waals surface area contributed by atoms with Gasteiger partial charge in [-0.2, -0.15) is 0 Å². The van der Waals surface area contributed by atoms with E-state index in [1.807, 2.05) is 0 Å². The molecule has 2 aromatic rings. The molecule has 2 aromatic carbocycles. The van der Waals surface area contributed by atoms with Crippen LogP contribution in [0.1, 0.15) is 17.2 Å². The minimum Gasteiger partial charge on any atom is -0.371 e. The van der Waals surface area contributed by atoms with Crippen LogP contribution in [-0.4, -0.2) is 19.2 Å². The van der Waals surface area contributed by atoms with Crippen molar-refractivity contribution in [1.29, 1.82) is 0 Å². The molecule has 0 saturated carbocycles. The van der Waals surface area contributed by atoms with E-state index in [9.17, 15) is 0 Å². The van der Waals surface area contributed by atoms with Gasteiger partial charge in [0.15, 0.2) is 0 Å². The summed E-state index contributed by atoms with van der Waals surface area (Å²) in [6.45, 7) is 1.63. The Hall–Kier alpha value is -1.16. The molecule has 1 heterocycles. The second-order valence-corrected chi connectivity index (χ2v) is 6.08. The van der Waals surface area contributed by atoms with Gasteiger partial charge < -0.3 is 10.1 Å². The topological polar surface area (TPSA) is 21.3 Å². The van der Waals surface area contributed by atoms with Crippen LogP contribution in [-0.2, 0) is 11.2 Å². The van der Waals surface area contributed by atoms with Crippen molar-refractivity contribution in [3.63, 3.8) is 0 Å². The highest BCUT2D eigenvalue weighted by atomic mass is 79.9. The molecule has 1 saturated heterocycles. The molecule has 0 spiro atoms. The number of nitrogens with one attached hydrogen (secondary N) is 1. The van der Waals surface area contributed by atoms with Crippen LogP contribution in [0, 0.1) is 0 Å². The number of ether oxygens (including phenoxy) is 1. The van der Waals surface area contributed by atoms with Crippen molar-refractivity contribution < 1.29 is 4.74 Å². The maximum atomic E-state index is 6.01. The van der Waals surface area contributed by atoms with Crippen LogP contribution >= 0.6 is 15.9 Å². The Morgan fingerprint density at radius 3 is 2.45 bits per heavy atom. The van der Waals surface area contributed by atoms with Crippen molar-refractivity contribution >= 4 is 15.9 Å². The Morgan fingerprint density at radius 1 is 1.05 bits per heavy atom. The Labute approximate surface area is 128 Å². The largest absolute Gasteiger partial charge is 0.371 e. The van der Waals surface area contributed by atoms with E-state index in [2.05, 4.69) is 75.8 Å². The number of morpholine rings is 1. The molecule has 1 N–H and O–H groups in total. The summed E-state index contributed by atoms with van der Waals surface area (Å²) in [6, 6.07) is 19.3. The van der Waals surface area contributed by atoms with E-state index in [1.165, 1.54) is 11.1 Å². The number of benzene rings is 2.